The number of carbonyl (C=O) groups excluding carboxylic acids is 4. The molecule has 0 aliphatic heterocycles. The molecule has 0 saturated heterocycles. The molecule has 0 aliphatic carbocycles. The number of ether oxygens (including phenoxy) is 4. The maximum atomic E-state index is 12.7. The van der Waals surface area contributed by atoms with E-state index in [0.29, 0.717) is 5.56 Å². The van der Waals surface area contributed by atoms with Crippen LogP contribution in [0.15, 0.2) is 48.5 Å². The minimum atomic E-state index is -1.02. The second-order valence-corrected chi connectivity index (χ2v) is 7.08. The van der Waals surface area contributed by atoms with Crippen molar-refractivity contribution in [1.82, 2.24) is 0 Å². The van der Waals surface area contributed by atoms with E-state index in [9.17, 15) is 28.0 Å². The Bertz CT molecular complexity index is 904. The van der Waals surface area contributed by atoms with Crippen molar-refractivity contribution in [2.75, 3.05) is 28.4 Å². The molecule has 0 atom stereocenters. The van der Waals surface area contributed by atoms with Gasteiger partial charge in [-0.3, -0.25) is 19.2 Å². The molecule has 35 heavy (non-hydrogen) atoms. The maximum absolute atomic E-state index is 12.7. The van der Waals surface area contributed by atoms with Gasteiger partial charge in [-0.25, -0.2) is 8.78 Å². The van der Waals surface area contributed by atoms with Crippen LogP contribution in [0.3, 0.4) is 0 Å². The summed E-state index contributed by atoms with van der Waals surface area (Å²) in [5, 5.41) is 0.785. The van der Waals surface area contributed by atoms with Crippen LogP contribution in [0.1, 0.15) is 17.5 Å². The summed E-state index contributed by atoms with van der Waals surface area (Å²) in [6.07, 6.45) is -0.188. The summed E-state index contributed by atoms with van der Waals surface area (Å²) in [5.41, 5.74) is 1.75. The Morgan fingerprint density at radius 2 is 1.06 bits per heavy atom. The van der Waals surface area contributed by atoms with Crippen molar-refractivity contribution < 1.29 is 46.9 Å². The molecule has 0 radical (unpaired) electrons. The Hall–Kier alpha value is -3.34. The van der Waals surface area contributed by atoms with Gasteiger partial charge in [-0.1, -0.05) is 40.2 Å². The van der Waals surface area contributed by atoms with Gasteiger partial charge in [-0.15, -0.1) is 0 Å². The van der Waals surface area contributed by atoms with Gasteiger partial charge in [0.15, 0.2) is 5.92 Å². The van der Waals surface area contributed by atoms with Gasteiger partial charge in [0.25, 0.3) is 0 Å². The van der Waals surface area contributed by atoms with Gasteiger partial charge in [0.05, 0.1) is 28.4 Å². The van der Waals surface area contributed by atoms with Crippen LogP contribution in [0.25, 0.3) is 0 Å². The lowest BCUT2D eigenvalue weighted by Crippen LogP contribution is -2.28. The quantitative estimate of drug-likeness (QED) is 0.218. The van der Waals surface area contributed by atoms with E-state index in [4.69, 9.17) is 0 Å². The molecular formula is C24H27BrF2O8. The first kappa shape index (κ1) is 31.7. The molecular weight excluding hydrogens is 534 g/mol. The highest BCUT2D eigenvalue weighted by atomic mass is 79.9. The predicted octanol–water partition coefficient (Wildman–Crippen LogP) is 3.77. The number of benzene rings is 2. The van der Waals surface area contributed by atoms with E-state index in [0.717, 1.165) is 10.9 Å². The Labute approximate surface area is 210 Å². The summed E-state index contributed by atoms with van der Waals surface area (Å²) in [6.45, 7) is 0. The van der Waals surface area contributed by atoms with Gasteiger partial charge in [0.1, 0.15) is 18.1 Å². The SMILES string of the molecule is COC(=O)C(Cc1ccc(F)cc1)C(=O)OC.COC(=O)CC(=O)OC.Fc1ccc(CBr)cc1. The summed E-state index contributed by atoms with van der Waals surface area (Å²) < 4.78 is 42.3. The number of esters is 4. The molecule has 0 aromatic heterocycles. The van der Waals surface area contributed by atoms with Gasteiger partial charge in [0, 0.05) is 5.33 Å². The zero-order valence-electron chi connectivity index (χ0n) is 19.7. The van der Waals surface area contributed by atoms with Crippen molar-refractivity contribution in [2.45, 2.75) is 18.2 Å². The molecule has 2 aromatic rings. The Morgan fingerprint density at radius 1 is 0.686 bits per heavy atom. The van der Waals surface area contributed by atoms with Crippen molar-refractivity contribution in [3.05, 3.63) is 71.3 Å². The third-order valence-corrected chi connectivity index (χ3v) is 4.78. The number of hydrogen-bond acceptors (Lipinski definition) is 8. The molecule has 0 heterocycles. The molecule has 0 amide bonds. The van der Waals surface area contributed by atoms with Crippen molar-refractivity contribution >= 4 is 39.8 Å². The lowest BCUT2D eigenvalue weighted by Gasteiger charge is -2.12. The highest BCUT2D eigenvalue weighted by Crippen LogP contribution is 2.13. The molecule has 0 saturated carbocycles. The molecule has 11 heteroatoms. The van der Waals surface area contributed by atoms with Crippen LogP contribution in [0, 0.1) is 17.6 Å². The maximum Gasteiger partial charge on any atom is 0.320 e. The molecule has 8 nitrogen and oxygen atoms in total. The number of alkyl halides is 1. The number of rotatable bonds is 7. The average Bonchev–Trinajstić information content (AvgIpc) is 2.88. The van der Waals surface area contributed by atoms with E-state index < -0.39 is 29.8 Å². The van der Waals surface area contributed by atoms with Crippen LogP contribution < -0.4 is 0 Å². The topological polar surface area (TPSA) is 105 Å². The van der Waals surface area contributed by atoms with Gasteiger partial charge in [-0.05, 0) is 41.8 Å². The molecule has 2 aromatic carbocycles. The minimum absolute atomic E-state index is 0.125. The fourth-order valence-corrected chi connectivity index (χ4v) is 2.61. The van der Waals surface area contributed by atoms with Crippen molar-refractivity contribution in [3.8, 4) is 0 Å². The number of carbonyl (C=O) groups is 4. The molecule has 0 N–H and O–H groups in total. The number of hydrogen-bond donors (Lipinski definition) is 0. The molecule has 0 aliphatic rings. The lowest BCUT2D eigenvalue weighted by molar-refractivity contribution is -0.159. The van der Waals surface area contributed by atoms with E-state index in [-0.39, 0.29) is 24.5 Å². The first-order valence-corrected chi connectivity index (χ1v) is 11.1. The first-order valence-electron chi connectivity index (χ1n) is 9.95. The molecule has 0 unspecified atom stereocenters. The van der Waals surface area contributed by atoms with Crippen molar-refractivity contribution in [2.24, 2.45) is 5.92 Å². The van der Waals surface area contributed by atoms with Crippen LogP contribution in [0.2, 0.25) is 0 Å². The molecule has 0 fully saturated rings. The summed E-state index contributed by atoms with van der Waals surface area (Å²) in [5.74, 6) is -4.07. The van der Waals surface area contributed by atoms with Gasteiger partial charge >= 0.3 is 23.9 Å². The zero-order chi connectivity index (χ0) is 26.8. The molecule has 0 bridgehead atoms. The van der Waals surface area contributed by atoms with Gasteiger partial charge < -0.3 is 18.9 Å². The summed E-state index contributed by atoms with van der Waals surface area (Å²) >= 11 is 3.26. The summed E-state index contributed by atoms with van der Waals surface area (Å²) in [6, 6.07) is 12.0. The highest BCUT2D eigenvalue weighted by molar-refractivity contribution is 9.08. The minimum Gasteiger partial charge on any atom is -0.469 e. The lowest BCUT2D eigenvalue weighted by atomic mass is 9.99. The van der Waals surface area contributed by atoms with Crippen LogP contribution in [-0.4, -0.2) is 52.3 Å². The fraction of sp³-hybridized carbons (Fsp3) is 0.333. The van der Waals surface area contributed by atoms with E-state index in [1.807, 2.05) is 0 Å². The standard InChI is InChI=1S/C12H13FO4.C7H6BrF.C5H8O4/c1-16-11(14)10(12(15)17-2)7-8-3-5-9(13)6-4-8;8-5-6-1-3-7(9)4-2-6;1-8-4(6)3-5(7)9-2/h3-6,10H,7H2,1-2H3;1-4H,5H2;3H2,1-2H3. The predicted molar refractivity (Wildman–Crippen MR) is 125 cm³/mol. The second kappa shape index (κ2) is 18.0. The van der Waals surface area contributed by atoms with Gasteiger partial charge in [-0.2, -0.15) is 0 Å². The summed E-state index contributed by atoms with van der Waals surface area (Å²) in [4.78, 5) is 43.3. The smallest absolute Gasteiger partial charge is 0.320 e. The van der Waals surface area contributed by atoms with Crippen LogP contribution in [0.4, 0.5) is 8.78 Å². The van der Waals surface area contributed by atoms with Crippen LogP contribution >= 0.6 is 15.9 Å². The largest absolute Gasteiger partial charge is 0.469 e. The van der Waals surface area contributed by atoms with Crippen LogP contribution in [0.5, 0.6) is 0 Å². The zero-order valence-corrected chi connectivity index (χ0v) is 21.3. The Kier molecular flexibility index (Phi) is 16.3. The first-order chi connectivity index (χ1) is 16.6. The highest BCUT2D eigenvalue weighted by Gasteiger charge is 2.28. The van der Waals surface area contributed by atoms with Crippen molar-refractivity contribution in [3.63, 3.8) is 0 Å². The second-order valence-electron chi connectivity index (χ2n) is 6.52. The van der Waals surface area contributed by atoms with Gasteiger partial charge in [0.2, 0.25) is 0 Å². The molecule has 0 spiro atoms. The normalized spacial score (nSPS) is 9.49. The van der Waals surface area contributed by atoms with E-state index >= 15 is 0 Å². The van der Waals surface area contributed by atoms with E-state index in [2.05, 4.69) is 34.9 Å². The fourth-order valence-electron chi connectivity index (χ4n) is 2.24. The van der Waals surface area contributed by atoms with E-state index in [1.165, 1.54) is 64.8 Å². The monoisotopic (exact) mass is 560 g/mol. The number of methoxy groups -OCH3 is 4. The summed E-state index contributed by atoms with van der Waals surface area (Å²) in [7, 11) is 4.82. The average molecular weight is 561 g/mol. The third kappa shape index (κ3) is 13.8. The Morgan fingerprint density at radius 3 is 1.37 bits per heavy atom. The third-order valence-electron chi connectivity index (χ3n) is 4.14. The van der Waals surface area contributed by atoms with Crippen molar-refractivity contribution in [1.29, 1.82) is 0 Å². The Balaban J connectivity index is 0.000000543. The molecule has 2 rings (SSSR count). The van der Waals surface area contributed by atoms with Crippen LogP contribution in [-0.2, 0) is 49.9 Å². The van der Waals surface area contributed by atoms with E-state index in [1.54, 1.807) is 12.1 Å². The molecule has 192 valence electrons. The number of halogens is 3.